The highest BCUT2D eigenvalue weighted by atomic mass is 16.6. The predicted octanol–water partition coefficient (Wildman–Crippen LogP) is 4.86. The van der Waals surface area contributed by atoms with E-state index in [-0.39, 0.29) is 30.4 Å². The van der Waals surface area contributed by atoms with E-state index in [1.165, 1.54) is 4.90 Å². The molecule has 0 saturated carbocycles. The van der Waals surface area contributed by atoms with E-state index in [0.717, 1.165) is 49.4 Å². The number of aryl methyl sites for hydroxylation is 1. The molecule has 2 aromatic carbocycles. The van der Waals surface area contributed by atoms with E-state index in [9.17, 15) is 14.4 Å². The van der Waals surface area contributed by atoms with Crippen LogP contribution in [0.2, 0.25) is 0 Å². The fourth-order valence-corrected chi connectivity index (χ4v) is 7.10. The summed E-state index contributed by atoms with van der Waals surface area (Å²) in [7, 11) is 0. The number of ether oxygens (including phenoxy) is 1. The summed E-state index contributed by atoms with van der Waals surface area (Å²) in [5.74, 6) is 1.16. The van der Waals surface area contributed by atoms with Crippen molar-refractivity contribution in [3.63, 3.8) is 0 Å². The number of amides is 3. The number of carbonyl (C=O) groups is 3. The Morgan fingerprint density at radius 2 is 1.63 bits per heavy atom. The van der Waals surface area contributed by atoms with E-state index in [0.29, 0.717) is 29.6 Å². The lowest BCUT2D eigenvalue weighted by Crippen LogP contribution is -2.38. The van der Waals surface area contributed by atoms with Crippen LogP contribution in [-0.4, -0.2) is 73.2 Å². The van der Waals surface area contributed by atoms with E-state index in [4.69, 9.17) is 4.74 Å². The third-order valence-corrected chi connectivity index (χ3v) is 8.92. The second-order valence-corrected chi connectivity index (χ2v) is 12.8. The summed E-state index contributed by atoms with van der Waals surface area (Å²) in [6.45, 7) is 8.69. The Morgan fingerprint density at radius 1 is 0.953 bits per heavy atom. The fraction of sp³-hybridized carbons (Fsp3) is 0.485. The maximum Gasteiger partial charge on any atom is 0.408 e. The molecule has 2 fully saturated rings. The minimum Gasteiger partial charge on any atom is -0.444 e. The van der Waals surface area contributed by atoms with Crippen molar-refractivity contribution in [3.05, 3.63) is 82.9 Å². The summed E-state index contributed by atoms with van der Waals surface area (Å²) < 4.78 is 7.81. The Kier molecular flexibility index (Phi) is 7.81. The molecule has 0 radical (unpaired) electrons. The standard InChI is InChI=1S/C33H40N6O4/c1-21-35-36-29(17-19-38-30(40)24-12-8-9-13-25(24)31(38)41)39(21)28-20-23-14-15-27(28)37(23)18-16-26(22-10-6-5-7-11-22)34-32(42)43-33(2,3)4/h5-13,23,26-28H,14-20H2,1-4H3,(H,34,42)/t23?,26-,27?,28?/m0/s1. The van der Waals surface area contributed by atoms with E-state index >= 15 is 0 Å². The van der Waals surface area contributed by atoms with Crippen LogP contribution in [0.25, 0.3) is 0 Å². The first kappa shape index (κ1) is 29.0. The molecule has 3 amide bonds. The molecule has 10 nitrogen and oxygen atoms in total. The Labute approximate surface area is 252 Å². The van der Waals surface area contributed by atoms with Crippen LogP contribution in [0.15, 0.2) is 54.6 Å². The molecule has 3 unspecified atom stereocenters. The minimum atomic E-state index is -0.569. The third kappa shape index (κ3) is 5.80. The Bertz CT molecular complexity index is 1480. The van der Waals surface area contributed by atoms with Crippen LogP contribution in [0.5, 0.6) is 0 Å². The number of fused-ring (bicyclic) bond motifs is 3. The van der Waals surface area contributed by atoms with Gasteiger partial charge in [0.1, 0.15) is 17.2 Å². The maximum absolute atomic E-state index is 12.9. The first-order chi connectivity index (χ1) is 20.6. The van der Waals surface area contributed by atoms with Gasteiger partial charge in [-0.25, -0.2) is 4.79 Å². The number of nitrogens with zero attached hydrogens (tertiary/aromatic N) is 5. The summed E-state index contributed by atoms with van der Waals surface area (Å²) in [5, 5.41) is 12.0. The van der Waals surface area contributed by atoms with Crippen LogP contribution in [0.4, 0.5) is 4.79 Å². The molecule has 43 heavy (non-hydrogen) atoms. The van der Waals surface area contributed by atoms with Gasteiger partial charge in [0.25, 0.3) is 11.8 Å². The Balaban J connectivity index is 1.13. The molecule has 4 atom stereocenters. The predicted molar refractivity (Wildman–Crippen MR) is 161 cm³/mol. The summed E-state index contributed by atoms with van der Waals surface area (Å²) in [6, 6.07) is 17.9. The fourth-order valence-electron chi connectivity index (χ4n) is 7.10. The number of aromatic nitrogens is 3. The SMILES string of the molecule is Cc1nnc(CCN2C(=O)c3ccccc3C2=O)n1C1CC2CCC1N2CC[C@H](NC(=O)OC(C)(C)C)c1ccccc1. The minimum absolute atomic E-state index is 0.165. The van der Waals surface area contributed by atoms with Crippen molar-refractivity contribution in [2.24, 2.45) is 0 Å². The molecule has 2 bridgehead atoms. The van der Waals surface area contributed by atoms with E-state index in [1.54, 1.807) is 24.3 Å². The molecular weight excluding hydrogens is 544 g/mol. The van der Waals surface area contributed by atoms with Crippen molar-refractivity contribution in [2.45, 2.75) is 89.6 Å². The topological polar surface area (TPSA) is 110 Å². The lowest BCUT2D eigenvalue weighted by atomic mass is 9.95. The number of rotatable bonds is 9. The highest BCUT2D eigenvalue weighted by molar-refractivity contribution is 6.21. The van der Waals surface area contributed by atoms with Gasteiger partial charge in [0, 0.05) is 31.6 Å². The monoisotopic (exact) mass is 584 g/mol. The van der Waals surface area contributed by atoms with Gasteiger partial charge in [-0.1, -0.05) is 42.5 Å². The lowest BCUT2D eigenvalue weighted by Gasteiger charge is -2.29. The van der Waals surface area contributed by atoms with E-state index in [2.05, 4.69) is 25.0 Å². The van der Waals surface area contributed by atoms with Crippen molar-refractivity contribution in [2.75, 3.05) is 13.1 Å². The maximum atomic E-state index is 12.9. The summed E-state index contributed by atoms with van der Waals surface area (Å²) >= 11 is 0. The van der Waals surface area contributed by atoms with Gasteiger partial charge in [-0.2, -0.15) is 0 Å². The molecule has 3 aromatic rings. The van der Waals surface area contributed by atoms with Gasteiger partial charge in [0.2, 0.25) is 0 Å². The van der Waals surface area contributed by atoms with Crippen molar-refractivity contribution in [1.82, 2.24) is 29.9 Å². The lowest BCUT2D eigenvalue weighted by molar-refractivity contribution is 0.0495. The van der Waals surface area contributed by atoms with Gasteiger partial charge >= 0.3 is 6.09 Å². The number of alkyl carbamates (subject to hydrolysis) is 1. The molecule has 0 aliphatic carbocycles. The van der Waals surface area contributed by atoms with E-state index < -0.39 is 11.7 Å². The zero-order valence-electron chi connectivity index (χ0n) is 25.3. The average molecular weight is 585 g/mol. The smallest absolute Gasteiger partial charge is 0.408 e. The highest BCUT2D eigenvalue weighted by Crippen LogP contribution is 2.45. The zero-order valence-corrected chi connectivity index (χ0v) is 25.3. The quantitative estimate of drug-likeness (QED) is 0.358. The first-order valence-electron chi connectivity index (χ1n) is 15.3. The van der Waals surface area contributed by atoms with Gasteiger partial charge in [0.05, 0.1) is 23.2 Å². The normalized spacial score (nSPS) is 22.2. The van der Waals surface area contributed by atoms with Crippen LogP contribution in [0.1, 0.15) is 96.5 Å². The molecule has 1 N–H and O–H groups in total. The average Bonchev–Trinajstić information content (AvgIpc) is 3.71. The first-order valence-corrected chi connectivity index (χ1v) is 15.3. The second-order valence-electron chi connectivity index (χ2n) is 12.8. The van der Waals surface area contributed by atoms with Crippen molar-refractivity contribution in [1.29, 1.82) is 0 Å². The molecule has 10 heteroatoms. The number of imide groups is 1. The number of nitrogens with one attached hydrogen (secondary N) is 1. The largest absolute Gasteiger partial charge is 0.444 e. The van der Waals surface area contributed by atoms with Gasteiger partial charge in [-0.05, 0) is 71.1 Å². The van der Waals surface area contributed by atoms with Crippen LogP contribution in [0, 0.1) is 6.92 Å². The molecule has 3 aliphatic rings. The third-order valence-electron chi connectivity index (χ3n) is 8.92. The molecule has 1 aromatic heterocycles. The Hall–Kier alpha value is -4.05. The van der Waals surface area contributed by atoms with Crippen LogP contribution >= 0.6 is 0 Å². The summed E-state index contributed by atoms with van der Waals surface area (Å²) in [4.78, 5) is 42.4. The number of benzene rings is 2. The number of hydrogen-bond donors (Lipinski definition) is 1. The van der Waals surface area contributed by atoms with Crippen LogP contribution in [0.3, 0.4) is 0 Å². The zero-order chi connectivity index (χ0) is 30.3. The molecule has 4 heterocycles. The highest BCUT2D eigenvalue weighted by Gasteiger charge is 2.48. The van der Waals surface area contributed by atoms with Crippen LogP contribution < -0.4 is 5.32 Å². The second kappa shape index (κ2) is 11.6. The molecule has 226 valence electrons. The molecular formula is C33H40N6O4. The Morgan fingerprint density at radius 3 is 2.30 bits per heavy atom. The molecule has 6 rings (SSSR count). The number of hydrogen-bond acceptors (Lipinski definition) is 7. The van der Waals surface area contributed by atoms with Crippen LogP contribution in [-0.2, 0) is 11.2 Å². The molecule has 0 spiro atoms. The van der Waals surface area contributed by atoms with Gasteiger partial charge < -0.3 is 14.6 Å². The van der Waals surface area contributed by atoms with Gasteiger partial charge in [0.15, 0.2) is 0 Å². The van der Waals surface area contributed by atoms with Crippen molar-refractivity contribution < 1.29 is 19.1 Å². The number of carbonyl (C=O) groups excluding carboxylic acids is 3. The van der Waals surface area contributed by atoms with Gasteiger partial charge in [-0.15, -0.1) is 10.2 Å². The van der Waals surface area contributed by atoms with E-state index in [1.807, 2.05) is 58.0 Å². The van der Waals surface area contributed by atoms with Crippen molar-refractivity contribution in [3.8, 4) is 0 Å². The summed E-state index contributed by atoms with van der Waals surface area (Å²) in [6.07, 6.45) is 4.03. The van der Waals surface area contributed by atoms with Gasteiger partial charge in [-0.3, -0.25) is 19.4 Å². The summed E-state index contributed by atoms with van der Waals surface area (Å²) in [5.41, 5.74) is 1.41. The molecule has 3 aliphatic heterocycles. The molecule has 2 saturated heterocycles. The van der Waals surface area contributed by atoms with Crippen molar-refractivity contribution >= 4 is 17.9 Å².